The standard InChI is InChI=1S/C10H20N4O4S/c11-10(12-15)8-2-1-3-9(8)13-19(16,17)14-4-6-18-7-5-14/h8-9,13,15H,1-7H2,(H2,11,12). The van der Waals surface area contributed by atoms with Crippen molar-refractivity contribution in [3.8, 4) is 0 Å². The summed E-state index contributed by atoms with van der Waals surface area (Å²) in [6.45, 7) is 1.54. The van der Waals surface area contributed by atoms with E-state index in [9.17, 15) is 8.42 Å². The number of rotatable bonds is 4. The summed E-state index contributed by atoms with van der Waals surface area (Å²) in [5.41, 5.74) is 5.60. The summed E-state index contributed by atoms with van der Waals surface area (Å²) in [5.74, 6) is -0.145. The van der Waals surface area contributed by atoms with Crippen molar-refractivity contribution < 1.29 is 18.4 Å². The Hall–Kier alpha value is -0.900. The highest BCUT2D eigenvalue weighted by Crippen LogP contribution is 2.26. The molecule has 0 amide bonds. The van der Waals surface area contributed by atoms with E-state index in [2.05, 4.69) is 9.88 Å². The summed E-state index contributed by atoms with van der Waals surface area (Å²) in [4.78, 5) is 0. The molecule has 2 rings (SSSR count). The number of morpholine rings is 1. The highest BCUT2D eigenvalue weighted by molar-refractivity contribution is 7.87. The van der Waals surface area contributed by atoms with Gasteiger partial charge in [-0.15, -0.1) is 0 Å². The molecule has 9 heteroatoms. The van der Waals surface area contributed by atoms with Crippen molar-refractivity contribution in [3.05, 3.63) is 0 Å². The molecule has 0 bridgehead atoms. The molecular formula is C10H20N4O4S. The molecule has 1 aliphatic carbocycles. The van der Waals surface area contributed by atoms with E-state index in [1.54, 1.807) is 0 Å². The lowest BCUT2D eigenvalue weighted by Crippen LogP contribution is -2.51. The molecule has 2 atom stereocenters. The van der Waals surface area contributed by atoms with Crippen molar-refractivity contribution >= 4 is 16.0 Å². The van der Waals surface area contributed by atoms with Crippen LogP contribution in [0.25, 0.3) is 0 Å². The van der Waals surface area contributed by atoms with Crippen molar-refractivity contribution in [3.63, 3.8) is 0 Å². The Labute approximate surface area is 112 Å². The van der Waals surface area contributed by atoms with E-state index in [-0.39, 0.29) is 17.8 Å². The van der Waals surface area contributed by atoms with Crippen LogP contribution < -0.4 is 10.5 Å². The number of oxime groups is 1. The van der Waals surface area contributed by atoms with Gasteiger partial charge in [0.25, 0.3) is 10.2 Å². The molecule has 0 aromatic rings. The number of nitrogens with one attached hydrogen (secondary N) is 1. The number of hydrogen-bond acceptors (Lipinski definition) is 5. The monoisotopic (exact) mass is 292 g/mol. The highest BCUT2D eigenvalue weighted by Gasteiger charge is 2.35. The third-order valence-electron chi connectivity index (χ3n) is 3.62. The Kier molecular flexibility index (Phi) is 4.61. The Morgan fingerprint density at radius 1 is 1.37 bits per heavy atom. The van der Waals surface area contributed by atoms with Crippen LogP contribution in [0.2, 0.25) is 0 Å². The average molecular weight is 292 g/mol. The first-order valence-corrected chi connectivity index (χ1v) is 7.81. The topological polar surface area (TPSA) is 117 Å². The SMILES string of the molecule is N/C(=N/O)C1CCCC1NS(=O)(=O)N1CCOCC1. The van der Waals surface area contributed by atoms with Crippen molar-refractivity contribution in [1.29, 1.82) is 0 Å². The first-order chi connectivity index (χ1) is 9.04. The van der Waals surface area contributed by atoms with Crippen LogP contribution in [0.5, 0.6) is 0 Å². The zero-order chi connectivity index (χ0) is 13.9. The maximum absolute atomic E-state index is 12.2. The fourth-order valence-electron chi connectivity index (χ4n) is 2.58. The summed E-state index contributed by atoms with van der Waals surface area (Å²) in [6.07, 6.45) is 2.29. The zero-order valence-corrected chi connectivity index (χ0v) is 11.5. The van der Waals surface area contributed by atoms with Crippen molar-refractivity contribution in [2.45, 2.75) is 25.3 Å². The minimum absolute atomic E-state index is 0.0900. The molecule has 0 aromatic heterocycles. The molecule has 1 saturated heterocycles. The van der Waals surface area contributed by atoms with E-state index in [4.69, 9.17) is 15.7 Å². The fraction of sp³-hybridized carbons (Fsp3) is 0.900. The second kappa shape index (κ2) is 6.04. The van der Waals surface area contributed by atoms with Crippen molar-refractivity contribution in [1.82, 2.24) is 9.03 Å². The van der Waals surface area contributed by atoms with E-state index in [1.165, 1.54) is 4.31 Å². The lowest BCUT2D eigenvalue weighted by molar-refractivity contribution is 0.0723. The lowest BCUT2D eigenvalue weighted by atomic mass is 10.0. The summed E-state index contributed by atoms with van der Waals surface area (Å²) in [5, 5.41) is 11.7. The summed E-state index contributed by atoms with van der Waals surface area (Å²) in [6, 6.07) is -0.302. The fourth-order valence-corrected chi connectivity index (χ4v) is 4.03. The lowest BCUT2D eigenvalue weighted by Gasteiger charge is -2.29. The summed E-state index contributed by atoms with van der Waals surface area (Å²) in [7, 11) is -3.53. The Balaban J connectivity index is 2.02. The maximum atomic E-state index is 12.2. The van der Waals surface area contributed by atoms with Gasteiger partial charge in [-0.25, -0.2) is 0 Å². The molecule has 2 aliphatic rings. The molecule has 1 heterocycles. The maximum Gasteiger partial charge on any atom is 0.279 e. The average Bonchev–Trinajstić information content (AvgIpc) is 2.86. The van der Waals surface area contributed by atoms with Gasteiger partial charge in [-0.1, -0.05) is 11.6 Å². The largest absolute Gasteiger partial charge is 0.409 e. The molecule has 4 N–H and O–H groups in total. The predicted molar refractivity (Wildman–Crippen MR) is 69.0 cm³/mol. The Morgan fingerprint density at radius 3 is 2.68 bits per heavy atom. The van der Waals surface area contributed by atoms with Gasteiger partial charge in [-0.05, 0) is 12.8 Å². The smallest absolute Gasteiger partial charge is 0.279 e. The summed E-state index contributed by atoms with van der Waals surface area (Å²) < 4.78 is 33.6. The number of nitrogens with two attached hydrogens (primary N) is 1. The zero-order valence-electron chi connectivity index (χ0n) is 10.7. The van der Waals surface area contributed by atoms with E-state index in [1.807, 2.05) is 0 Å². The molecule has 1 aliphatic heterocycles. The third-order valence-corrected chi connectivity index (χ3v) is 5.27. The van der Waals surface area contributed by atoms with Crippen molar-refractivity contribution in [2.24, 2.45) is 16.8 Å². The number of nitrogens with zero attached hydrogens (tertiary/aromatic N) is 2. The molecule has 2 unspecified atom stereocenters. The van der Waals surface area contributed by atoms with E-state index < -0.39 is 10.2 Å². The van der Waals surface area contributed by atoms with Gasteiger partial charge in [0.15, 0.2) is 0 Å². The van der Waals surface area contributed by atoms with Gasteiger partial charge in [0.1, 0.15) is 5.84 Å². The van der Waals surface area contributed by atoms with Gasteiger partial charge < -0.3 is 15.7 Å². The van der Waals surface area contributed by atoms with E-state index in [0.717, 1.165) is 12.8 Å². The van der Waals surface area contributed by atoms with Crippen LogP contribution in [0.1, 0.15) is 19.3 Å². The van der Waals surface area contributed by atoms with Gasteiger partial charge in [0.2, 0.25) is 0 Å². The molecule has 2 fully saturated rings. The van der Waals surface area contributed by atoms with Gasteiger partial charge >= 0.3 is 0 Å². The number of ether oxygens (including phenoxy) is 1. The molecule has 0 radical (unpaired) electrons. The molecule has 0 spiro atoms. The number of hydrogen-bond donors (Lipinski definition) is 3. The van der Waals surface area contributed by atoms with Crippen LogP contribution in [0.15, 0.2) is 5.16 Å². The van der Waals surface area contributed by atoms with E-state index >= 15 is 0 Å². The van der Waals surface area contributed by atoms with Crippen LogP contribution in [0.4, 0.5) is 0 Å². The molecule has 110 valence electrons. The molecular weight excluding hydrogens is 272 g/mol. The predicted octanol–water partition coefficient (Wildman–Crippen LogP) is -0.932. The molecule has 0 aromatic carbocycles. The normalized spacial score (nSPS) is 30.6. The van der Waals surface area contributed by atoms with Crippen molar-refractivity contribution in [2.75, 3.05) is 26.3 Å². The third kappa shape index (κ3) is 3.35. The van der Waals surface area contributed by atoms with Crippen LogP contribution in [-0.4, -0.2) is 56.1 Å². The van der Waals surface area contributed by atoms with Crippen LogP contribution in [0.3, 0.4) is 0 Å². The number of amidine groups is 1. The molecule has 1 saturated carbocycles. The quantitative estimate of drug-likeness (QED) is 0.268. The van der Waals surface area contributed by atoms with Crippen LogP contribution in [0, 0.1) is 5.92 Å². The minimum Gasteiger partial charge on any atom is -0.409 e. The van der Waals surface area contributed by atoms with Gasteiger partial charge in [-0.3, -0.25) is 0 Å². The van der Waals surface area contributed by atoms with Gasteiger partial charge in [0.05, 0.1) is 13.2 Å². The van der Waals surface area contributed by atoms with Gasteiger partial charge in [-0.2, -0.15) is 17.4 Å². The Morgan fingerprint density at radius 2 is 2.05 bits per heavy atom. The van der Waals surface area contributed by atoms with Gasteiger partial charge in [0, 0.05) is 25.0 Å². The van der Waals surface area contributed by atoms with Crippen LogP contribution in [-0.2, 0) is 14.9 Å². The van der Waals surface area contributed by atoms with Crippen LogP contribution >= 0.6 is 0 Å². The minimum atomic E-state index is -3.53. The summed E-state index contributed by atoms with van der Waals surface area (Å²) >= 11 is 0. The first kappa shape index (κ1) is 14.5. The highest BCUT2D eigenvalue weighted by atomic mass is 32.2. The Bertz CT molecular complexity index is 433. The van der Waals surface area contributed by atoms with E-state index in [0.29, 0.717) is 32.7 Å². The second-order valence-electron chi connectivity index (χ2n) is 4.80. The second-order valence-corrected chi connectivity index (χ2v) is 6.51. The first-order valence-electron chi connectivity index (χ1n) is 6.37. The molecule has 8 nitrogen and oxygen atoms in total. The molecule has 19 heavy (non-hydrogen) atoms.